The molecule has 156 valence electrons. The highest BCUT2D eigenvalue weighted by Crippen LogP contribution is 2.72. The molecular formula is C27H42O. The van der Waals surface area contributed by atoms with E-state index in [1.54, 1.807) is 0 Å². The maximum absolute atomic E-state index is 13.5. The van der Waals surface area contributed by atoms with Crippen molar-refractivity contribution in [3.8, 4) is 0 Å². The highest BCUT2D eigenvalue weighted by atomic mass is 16.1. The van der Waals surface area contributed by atoms with Gasteiger partial charge in [-0.3, -0.25) is 4.79 Å². The summed E-state index contributed by atoms with van der Waals surface area (Å²) in [7, 11) is 0. The summed E-state index contributed by atoms with van der Waals surface area (Å²) in [5, 5.41) is 0. The third-order valence-electron chi connectivity index (χ3n) is 11.0. The van der Waals surface area contributed by atoms with Crippen molar-refractivity contribution in [2.45, 2.75) is 92.4 Å². The summed E-state index contributed by atoms with van der Waals surface area (Å²) in [6.07, 6.45) is 15.2. The van der Waals surface area contributed by atoms with Gasteiger partial charge in [0.2, 0.25) is 0 Å². The second-order valence-corrected chi connectivity index (χ2v) is 12.3. The van der Waals surface area contributed by atoms with Crippen LogP contribution in [0, 0.1) is 58.2 Å². The zero-order valence-electron chi connectivity index (χ0n) is 19.0. The van der Waals surface area contributed by atoms with Gasteiger partial charge in [-0.05, 0) is 103 Å². The van der Waals surface area contributed by atoms with Crippen molar-refractivity contribution in [1.82, 2.24) is 0 Å². The van der Waals surface area contributed by atoms with Gasteiger partial charge < -0.3 is 0 Å². The molecule has 2 unspecified atom stereocenters. The van der Waals surface area contributed by atoms with Crippen molar-refractivity contribution >= 4 is 5.78 Å². The third kappa shape index (κ3) is 2.40. The average Bonchev–Trinajstić information content (AvgIpc) is 3.01. The molecule has 5 fully saturated rings. The van der Waals surface area contributed by atoms with Gasteiger partial charge in [-0.15, -0.1) is 0 Å². The normalized spacial score (nSPS) is 54.4. The van der Waals surface area contributed by atoms with E-state index in [0.717, 1.165) is 23.7 Å². The van der Waals surface area contributed by atoms with E-state index in [2.05, 4.69) is 40.7 Å². The van der Waals surface area contributed by atoms with Crippen LogP contribution >= 0.6 is 0 Å². The molecular weight excluding hydrogens is 340 g/mol. The number of allylic oxidation sites excluding steroid dienone is 2. The molecule has 0 bridgehead atoms. The molecule has 1 nitrogen and oxygen atoms in total. The van der Waals surface area contributed by atoms with Crippen molar-refractivity contribution in [3.05, 3.63) is 11.6 Å². The molecule has 5 rings (SSSR count). The van der Waals surface area contributed by atoms with Crippen LogP contribution < -0.4 is 0 Å². The Morgan fingerprint density at radius 3 is 2.46 bits per heavy atom. The van der Waals surface area contributed by atoms with Crippen molar-refractivity contribution in [2.75, 3.05) is 0 Å². The van der Waals surface area contributed by atoms with E-state index >= 15 is 0 Å². The van der Waals surface area contributed by atoms with E-state index in [0.29, 0.717) is 34.4 Å². The first-order valence-electron chi connectivity index (χ1n) is 12.5. The number of hydrogen-bond acceptors (Lipinski definition) is 1. The molecule has 0 saturated heterocycles. The maximum Gasteiger partial charge on any atom is 0.161 e. The molecule has 0 spiro atoms. The van der Waals surface area contributed by atoms with E-state index in [-0.39, 0.29) is 5.92 Å². The Kier molecular flexibility index (Phi) is 4.47. The monoisotopic (exact) mass is 382 g/mol. The molecule has 5 aliphatic carbocycles. The average molecular weight is 383 g/mol. The van der Waals surface area contributed by atoms with Gasteiger partial charge in [-0.2, -0.15) is 0 Å². The molecule has 0 N–H and O–H groups in total. The Morgan fingerprint density at radius 1 is 0.964 bits per heavy atom. The molecule has 0 aliphatic heterocycles. The first-order chi connectivity index (χ1) is 13.3. The van der Waals surface area contributed by atoms with Gasteiger partial charge in [0.15, 0.2) is 5.78 Å². The van der Waals surface area contributed by atoms with Crippen molar-refractivity contribution in [1.29, 1.82) is 0 Å². The molecule has 1 heteroatoms. The standard InChI is InChI=1S/C27H42O/c1-16(2)14-20-24-15-23-19(10-9-18-8-6-7-13-26(18,23)4)22-12-11-21(27(22,24)5)17(3)25(20)28/h14,16-19,21-24H,6-13,15H2,1-5H3/t17-,18?,19-,21+,22-,23-,24?,26-,27+/m0/s1. The quantitative estimate of drug-likeness (QED) is 0.443. The van der Waals surface area contributed by atoms with Crippen LogP contribution in [-0.2, 0) is 4.79 Å². The molecule has 5 saturated carbocycles. The van der Waals surface area contributed by atoms with E-state index < -0.39 is 0 Å². The SMILES string of the molecule is CC(C)C=C1C(=O)[C@@H](C)[C@H]2CC[C@H]3[C@@H]4CCC5CCCC[C@]5(C)[C@H]4CC1[C@]23C. The first kappa shape index (κ1) is 19.4. The lowest BCUT2D eigenvalue weighted by Gasteiger charge is -2.64. The first-order valence-corrected chi connectivity index (χ1v) is 12.5. The van der Waals surface area contributed by atoms with Gasteiger partial charge in [-0.25, -0.2) is 0 Å². The van der Waals surface area contributed by atoms with Crippen LogP contribution in [0.5, 0.6) is 0 Å². The predicted octanol–water partition coefficient (Wildman–Crippen LogP) is 7.06. The minimum Gasteiger partial charge on any atom is -0.294 e. The van der Waals surface area contributed by atoms with E-state index in [1.807, 2.05) is 0 Å². The summed E-state index contributed by atoms with van der Waals surface area (Å²) < 4.78 is 0. The zero-order valence-corrected chi connectivity index (χ0v) is 19.0. The Morgan fingerprint density at radius 2 is 1.71 bits per heavy atom. The summed E-state index contributed by atoms with van der Waals surface area (Å²) in [4.78, 5) is 13.5. The van der Waals surface area contributed by atoms with Gasteiger partial charge in [0.25, 0.3) is 0 Å². The Balaban J connectivity index is 1.60. The molecule has 28 heavy (non-hydrogen) atoms. The predicted molar refractivity (Wildman–Crippen MR) is 116 cm³/mol. The summed E-state index contributed by atoms with van der Waals surface area (Å²) in [6.45, 7) is 12.1. The van der Waals surface area contributed by atoms with Gasteiger partial charge >= 0.3 is 0 Å². The summed E-state index contributed by atoms with van der Waals surface area (Å²) in [6, 6.07) is 0. The second kappa shape index (κ2) is 6.45. The fourth-order valence-electron chi connectivity index (χ4n) is 9.78. The van der Waals surface area contributed by atoms with Gasteiger partial charge in [0.1, 0.15) is 0 Å². The Labute approximate surface area is 173 Å². The van der Waals surface area contributed by atoms with Crippen molar-refractivity contribution in [2.24, 2.45) is 58.2 Å². The summed E-state index contributed by atoms with van der Waals surface area (Å²) in [5.41, 5.74) is 2.19. The van der Waals surface area contributed by atoms with Gasteiger partial charge in [-0.1, -0.05) is 53.5 Å². The van der Waals surface area contributed by atoms with Gasteiger partial charge in [0.05, 0.1) is 0 Å². The Hall–Kier alpha value is -0.590. The number of Topliss-reactive ketones (excluding diaryl/α,β-unsaturated/α-hetero) is 1. The minimum absolute atomic E-state index is 0.245. The van der Waals surface area contributed by atoms with Crippen LogP contribution in [0.1, 0.15) is 92.4 Å². The van der Waals surface area contributed by atoms with Crippen molar-refractivity contribution < 1.29 is 4.79 Å². The summed E-state index contributed by atoms with van der Waals surface area (Å²) in [5.74, 6) is 6.04. The van der Waals surface area contributed by atoms with E-state index in [1.165, 1.54) is 63.4 Å². The molecule has 0 aromatic rings. The molecule has 0 aromatic carbocycles. The van der Waals surface area contributed by atoms with Gasteiger partial charge in [0, 0.05) is 5.92 Å². The smallest absolute Gasteiger partial charge is 0.161 e. The molecule has 0 amide bonds. The highest BCUT2D eigenvalue weighted by molar-refractivity contribution is 5.99. The Bertz CT molecular complexity index is 688. The second-order valence-electron chi connectivity index (χ2n) is 12.3. The van der Waals surface area contributed by atoms with Crippen LogP contribution in [0.2, 0.25) is 0 Å². The van der Waals surface area contributed by atoms with Crippen molar-refractivity contribution in [3.63, 3.8) is 0 Å². The number of carbonyl (C=O) groups excluding carboxylic acids is 1. The third-order valence-corrected chi connectivity index (χ3v) is 11.0. The molecule has 9 atom stereocenters. The number of fused-ring (bicyclic) bond motifs is 4. The van der Waals surface area contributed by atoms with E-state index in [9.17, 15) is 4.79 Å². The maximum atomic E-state index is 13.5. The largest absolute Gasteiger partial charge is 0.294 e. The number of carbonyl (C=O) groups is 1. The van der Waals surface area contributed by atoms with Crippen LogP contribution in [0.4, 0.5) is 0 Å². The molecule has 0 aromatic heterocycles. The lowest BCUT2D eigenvalue weighted by molar-refractivity contribution is -0.152. The lowest BCUT2D eigenvalue weighted by atomic mass is 9.40. The molecule has 0 radical (unpaired) electrons. The van der Waals surface area contributed by atoms with Crippen LogP contribution in [0.15, 0.2) is 11.6 Å². The molecule has 0 heterocycles. The lowest BCUT2D eigenvalue weighted by Crippen LogP contribution is -2.59. The van der Waals surface area contributed by atoms with Crippen LogP contribution in [-0.4, -0.2) is 5.78 Å². The fourth-order valence-corrected chi connectivity index (χ4v) is 9.78. The topological polar surface area (TPSA) is 17.1 Å². The summed E-state index contributed by atoms with van der Waals surface area (Å²) >= 11 is 0. The zero-order chi connectivity index (χ0) is 19.8. The number of rotatable bonds is 1. The van der Waals surface area contributed by atoms with Crippen LogP contribution in [0.25, 0.3) is 0 Å². The highest BCUT2D eigenvalue weighted by Gasteiger charge is 2.66. The number of ketones is 1. The fraction of sp³-hybridized carbons (Fsp3) is 0.889. The van der Waals surface area contributed by atoms with E-state index in [4.69, 9.17) is 0 Å². The number of hydrogen-bond donors (Lipinski definition) is 0. The minimum atomic E-state index is 0.245. The van der Waals surface area contributed by atoms with Crippen LogP contribution in [0.3, 0.4) is 0 Å². The molecule has 5 aliphatic rings.